The Balaban J connectivity index is 3.76. The Morgan fingerprint density at radius 2 is 2.38 bits per heavy atom. The summed E-state index contributed by atoms with van der Waals surface area (Å²) in [4.78, 5) is 4.12. The average molecular weight is 116 g/mol. The summed E-state index contributed by atoms with van der Waals surface area (Å²) >= 11 is 0. The van der Waals surface area contributed by atoms with E-state index in [2.05, 4.69) is 11.5 Å². The molecule has 8 heavy (non-hydrogen) atoms. The van der Waals surface area contributed by atoms with E-state index in [9.17, 15) is 0 Å². The van der Waals surface area contributed by atoms with Gasteiger partial charge in [-0.1, -0.05) is 13.0 Å². The zero-order chi connectivity index (χ0) is 6.62. The van der Waals surface area contributed by atoms with Crippen molar-refractivity contribution < 1.29 is 10.1 Å². The lowest BCUT2D eigenvalue weighted by Crippen LogP contribution is -2.22. The van der Waals surface area contributed by atoms with Gasteiger partial charge >= 0.3 is 0 Å². The van der Waals surface area contributed by atoms with E-state index in [1.54, 1.807) is 13.0 Å². The monoisotopic (exact) mass is 116 g/mol. The molecule has 0 aromatic heterocycles. The number of hydrogen-bond acceptors (Lipinski definition) is 2. The highest BCUT2D eigenvalue weighted by Crippen LogP contribution is 2.13. The van der Waals surface area contributed by atoms with Crippen LogP contribution in [-0.4, -0.2) is 10.9 Å². The second-order valence-electron chi connectivity index (χ2n) is 1.96. The van der Waals surface area contributed by atoms with Gasteiger partial charge in [0.25, 0.3) is 0 Å². The highest BCUT2D eigenvalue weighted by molar-refractivity contribution is 4.91. The highest BCUT2D eigenvalue weighted by atomic mass is 17.1. The maximum atomic E-state index is 8.21. The summed E-state index contributed by atoms with van der Waals surface area (Å²) in [6, 6.07) is 0. The van der Waals surface area contributed by atoms with E-state index in [1.165, 1.54) is 0 Å². The summed E-state index contributed by atoms with van der Waals surface area (Å²) in [5, 5.41) is 8.21. The molecule has 0 aliphatic carbocycles. The molecular formula is C6H12O2. The largest absolute Gasteiger partial charge is 0.251 e. The summed E-state index contributed by atoms with van der Waals surface area (Å²) in [5.41, 5.74) is -0.556. The second kappa shape index (κ2) is 2.84. The van der Waals surface area contributed by atoms with Crippen molar-refractivity contribution in [1.29, 1.82) is 0 Å². The van der Waals surface area contributed by atoms with Crippen molar-refractivity contribution in [3.8, 4) is 0 Å². The Bertz CT molecular complexity index is 74.6. The maximum Gasteiger partial charge on any atom is 0.118 e. The quantitative estimate of drug-likeness (QED) is 0.346. The number of hydrogen-bond donors (Lipinski definition) is 1. The first kappa shape index (κ1) is 7.66. The molecule has 2 heteroatoms. The molecule has 0 aliphatic rings. The van der Waals surface area contributed by atoms with Crippen LogP contribution in [0, 0.1) is 0 Å². The Morgan fingerprint density at radius 1 is 1.88 bits per heavy atom. The smallest absolute Gasteiger partial charge is 0.118 e. The van der Waals surface area contributed by atoms with Gasteiger partial charge in [0.2, 0.25) is 0 Å². The van der Waals surface area contributed by atoms with Gasteiger partial charge in [0.1, 0.15) is 5.60 Å². The molecule has 0 fully saturated rings. The molecule has 0 rings (SSSR count). The molecule has 1 N–H and O–H groups in total. The van der Waals surface area contributed by atoms with Gasteiger partial charge in [0.05, 0.1) is 0 Å². The van der Waals surface area contributed by atoms with Crippen LogP contribution in [0.5, 0.6) is 0 Å². The molecule has 0 spiro atoms. The van der Waals surface area contributed by atoms with Crippen LogP contribution in [0.1, 0.15) is 20.3 Å². The Hall–Kier alpha value is -0.340. The Kier molecular flexibility index (Phi) is 2.72. The molecule has 1 atom stereocenters. The van der Waals surface area contributed by atoms with Gasteiger partial charge in [-0.2, -0.15) is 0 Å². The fraction of sp³-hybridized carbons (Fsp3) is 0.667. The lowest BCUT2D eigenvalue weighted by Gasteiger charge is -2.17. The lowest BCUT2D eigenvalue weighted by molar-refractivity contribution is -0.302. The maximum absolute atomic E-state index is 8.21. The van der Waals surface area contributed by atoms with E-state index in [0.29, 0.717) is 0 Å². The zero-order valence-corrected chi connectivity index (χ0v) is 5.35. The molecule has 0 aromatic rings. The van der Waals surface area contributed by atoms with Crippen LogP contribution >= 0.6 is 0 Å². The van der Waals surface area contributed by atoms with Crippen molar-refractivity contribution in [3.05, 3.63) is 12.7 Å². The lowest BCUT2D eigenvalue weighted by atomic mass is 10.1. The summed E-state index contributed by atoms with van der Waals surface area (Å²) in [7, 11) is 0. The summed E-state index contributed by atoms with van der Waals surface area (Å²) in [6.45, 7) is 7.17. The normalized spacial score (nSPS) is 17.4. The van der Waals surface area contributed by atoms with Crippen LogP contribution in [-0.2, 0) is 4.89 Å². The molecule has 0 aromatic carbocycles. The SMILES string of the molecule is C=CC(C)(CC)OO. The number of rotatable bonds is 3. The van der Waals surface area contributed by atoms with Crippen LogP contribution < -0.4 is 0 Å². The van der Waals surface area contributed by atoms with Gasteiger partial charge < -0.3 is 0 Å². The minimum absolute atomic E-state index is 0.556. The summed E-state index contributed by atoms with van der Waals surface area (Å²) < 4.78 is 0. The van der Waals surface area contributed by atoms with E-state index in [1.807, 2.05) is 6.92 Å². The minimum atomic E-state index is -0.556. The van der Waals surface area contributed by atoms with E-state index < -0.39 is 5.60 Å². The fourth-order valence-electron chi connectivity index (χ4n) is 0.246. The molecule has 0 aliphatic heterocycles. The molecule has 1 unspecified atom stereocenters. The van der Waals surface area contributed by atoms with E-state index in [4.69, 9.17) is 5.26 Å². The average Bonchev–Trinajstić information content (AvgIpc) is 1.87. The van der Waals surface area contributed by atoms with Gasteiger partial charge in [0, 0.05) is 0 Å². The Morgan fingerprint density at radius 3 is 2.38 bits per heavy atom. The van der Waals surface area contributed by atoms with Crippen molar-refractivity contribution >= 4 is 0 Å². The molecular weight excluding hydrogens is 104 g/mol. The molecule has 0 saturated carbocycles. The molecule has 0 bridgehead atoms. The third kappa shape index (κ3) is 1.64. The standard InChI is InChI=1S/C6H12O2/c1-4-6(3,5-2)8-7/h4,7H,1,5H2,2-3H3. The molecule has 48 valence electrons. The molecule has 0 heterocycles. The highest BCUT2D eigenvalue weighted by Gasteiger charge is 2.16. The van der Waals surface area contributed by atoms with Gasteiger partial charge in [-0.15, -0.1) is 6.58 Å². The zero-order valence-electron chi connectivity index (χ0n) is 5.35. The molecule has 0 amide bonds. The first-order chi connectivity index (χ1) is 3.68. The van der Waals surface area contributed by atoms with Crippen LogP contribution in [0.2, 0.25) is 0 Å². The topological polar surface area (TPSA) is 29.5 Å². The second-order valence-corrected chi connectivity index (χ2v) is 1.96. The van der Waals surface area contributed by atoms with Crippen LogP contribution in [0.15, 0.2) is 12.7 Å². The van der Waals surface area contributed by atoms with Crippen molar-refractivity contribution in [1.82, 2.24) is 0 Å². The predicted molar refractivity (Wildman–Crippen MR) is 32.6 cm³/mol. The van der Waals surface area contributed by atoms with Gasteiger partial charge in [-0.3, -0.25) is 5.26 Å². The van der Waals surface area contributed by atoms with Crippen molar-refractivity contribution in [2.75, 3.05) is 0 Å². The van der Waals surface area contributed by atoms with E-state index in [-0.39, 0.29) is 0 Å². The molecule has 0 radical (unpaired) electrons. The summed E-state index contributed by atoms with van der Waals surface area (Å²) in [5.74, 6) is 0. The minimum Gasteiger partial charge on any atom is -0.251 e. The van der Waals surface area contributed by atoms with E-state index in [0.717, 1.165) is 6.42 Å². The fourth-order valence-corrected chi connectivity index (χ4v) is 0.246. The van der Waals surface area contributed by atoms with Crippen molar-refractivity contribution in [2.45, 2.75) is 25.9 Å². The first-order valence-corrected chi connectivity index (χ1v) is 2.64. The van der Waals surface area contributed by atoms with Crippen molar-refractivity contribution in [2.24, 2.45) is 0 Å². The molecule has 2 nitrogen and oxygen atoms in total. The summed E-state index contributed by atoms with van der Waals surface area (Å²) in [6.07, 6.45) is 2.31. The third-order valence-electron chi connectivity index (χ3n) is 1.34. The predicted octanol–water partition coefficient (Wildman–Crippen LogP) is 1.83. The van der Waals surface area contributed by atoms with Crippen LogP contribution in [0.25, 0.3) is 0 Å². The van der Waals surface area contributed by atoms with Gasteiger partial charge in [0.15, 0.2) is 0 Å². The van der Waals surface area contributed by atoms with E-state index >= 15 is 0 Å². The molecule has 0 saturated heterocycles. The van der Waals surface area contributed by atoms with Crippen molar-refractivity contribution in [3.63, 3.8) is 0 Å². The first-order valence-electron chi connectivity index (χ1n) is 2.64. The Labute approximate surface area is 49.7 Å². The van der Waals surface area contributed by atoms with Crippen LogP contribution in [0.3, 0.4) is 0 Å². The van der Waals surface area contributed by atoms with Gasteiger partial charge in [-0.25, -0.2) is 4.89 Å². The van der Waals surface area contributed by atoms with Gasteiger partial charge in [-0.05, 0) is 13.3 Å². The van der Waals surface area contributed by atoms with Crippen LogP contribution in [0.4, 0.5) is 0 Å². The third-order valence-corrected chi connectivity index (χ3v) is 1.34.